The van der Waals surface area contributed by atoms with Gasteiger partial charge < -0.3 is 5.11 Å². The lowest BCUT2D eigenvalue weighted by Gasteiger charge is -1.96. The Hall–Kier alpha value is -2.14. The maximum Gasteiger partial charge on any atom is 0.181 e. The summed E-state index contributed by atoms with van der Waals surface area (Å²) in [4.78, 5) is 4.45. The molecule has 0 saturated carbocycles. The second-order valence-electron chi connectivity index (χ2n) is 4.06. The maximum atomic E-state index is 9.27. The first-order valence-electron chi connectivity index (χ1n) is 5.70. The molecule has 1 heterocycles. The molecule has 0 aliphatic heterocycles. The van der Waals surface area contributed by atoms with Crippen molar-refractivity contribution in [1.82, 2.24) is 15.2 Å². The van der Waals surface area contributed by atoms with Gasteiger partial charge in [0.05, 0.1) is 0 Å². The third-order valence-electron chi connectivity index (χ3n) is 2.71. The van der Waals surface area contributed by atoms with Crippen LogP contribution in [-0.2, 0) is 0 Å². The van der Waals surface area contributed by atoms with E-state index in [4.69, 9.17) is 0 Å². The number of aromatic hydroxyl groups is 1. The Bertz CT molecular complexity index is 707. The van der Waals surface area contributed by atoms with E-state index in [9.17, 15) is 5.11 Å². The number of rotatable bonds is 2. The molecule has 0 spiro atoms. The van der Waals surface area contributed by atoms with Gasteiger partial charge in [0.1, 0.15) is 5.75 Å². The molecule has 0 aliphatic carbocycles. The van der Waals surface area contributed by atoms with E-state index in [1.165, 1.54) is 0 Å². The van der Waals surface area contributed by atoms with Crippen molar-refractivity contribution in [3.63, 3.8) is 0 Å². The lowest BCUT2D eigenvalue weighted by Crippen LogP contribution is -1.81. The van der Waals surface area contributed by atoms with E-state index in [0.29, 0.717) is 11.6 Å². The number of phenolic OH excluding ortho intramolecular Hbond substituents is 1. The minimum absolute atomic E-state index is 0.232. The lowest BCUT2D eigenvalue weighted by atomic mass is 10.2. The van der Waals surface area contributed by atoms with Crippen molar-refractivity contribution in [2.24, 2.45) is 0 Å². The fraction of sp³-hybridized carbons (Fsp3) is 0. The highest BCUT2D eigenvalue weighted by molar-refractivity contribution is 9.10. The molecule has 1 aromatic heterocycles. The number of aromatic nitrogens is 3. The van der Waals surface area contributed by atoms with E-state index in [0.717, 1.165) is 15.6 Å². The summed E-state index contributed by atoms with van der Waals surface area (Å²) < 4.78 is 0.987. The average Bonchev–Trinajstić information content (AvgIpc) is 2.89. The fourth-order valence-corrected chi connectivity index (χ4v) is 2.17. The van der Waals surface area contributed by atoms with Crippen molar-refractivity contribution in [3.8, 4) is 28.5 Å². The highest BCUT2D eigenvalue weighted by Gasteiger charge is 2.07. The highest BCUT2D eigenvalue weighted by Crippen LogP contribution is 2.23. The monoisotopic (exact) mass is 315 g/mol. The van der Waals surface area contributed by atoms with Gasteiger partial charge in [-0.3, -0.25) is 5.10 Å². The van der Waals surface area contributed by atoms with E-state index in [2.05, 4.69) is 31.1 Å². The van der Waals surface area contributed by atoms with Gasteiger partial charge in [0.2, 0.25) is 0 Å². The average molecular weight is 316 g/mol. The summed E-state index contributed by atoms with van der Waals surface area (Å²) in [5.41, 5.74) is 1.82. The molecule has 0 bridgehead atoms. The van der Waals surface area contributed by atoms with Crippen LogP contribution in [0.2, 0.25) is 0 Å². The molecule has 2 N–H and O–H groups in total. The summed E-state index contributed by atoms with van der Waals surface area (Å²) in [5.74, 6) is 1.55. The number of nitrogens with zero attached hydrogens (tertiary/aromatic N) is 2. The van der Waals surface area contributed by atoms with E-state index >= 15 is 0 Å². The zero-order chi connectivity index (χ0) is 13.2. The molecule has 2 aromatic carbocycles. The van der Waals surface area contributed by atoms with Crippen LogP contribution in [0.25, 0.3) is 22.8 Å². The zero-order valence-corrected chi connectivity index (χ0v) is 11.4. The van der Waals surface area contributed by atoms with Crippen molar-refractivity contribution in [2.45, 2.75) is 0 Å². The topological polar surface area (TPSA) is 61.8 Å². The number of benzene rings is 2. The number of H-pyrrole nitrogens is 1. The second-order valence-corrected chi connectivity index (χ2v) is 4.98. The van der Waals surface area contributed by atoms with Crippen LogP contribution in [0.4, 0.5) is 0 Å². The first kappa shape index (κ1) is 11.9. The molecule has 3 aromatic rings. The predicted molar refractivity (Wildman–Crippen MR) is 76.6 cm³/mol. The van der Waals surface area contributed by atoms with Crippen LogP contribution in [0, 0.1) is 0 Å². The van der Waals surface area contributed by atoms with Gasteiger partial charge in [-0.1, -0.05) is 28.1 Å². The van der Waals surface area contributed by atoms with Gasteiger partial charge in [0, 0.05) is 15.6 Å². The minimum atomic E-state index is 0.232. The molecule has 19 heavy (non-hydrogen) atoms. The van der Waals surface area contributed by atoms with Gasteiger partial charge in [-0.2, -0.15) is 5.10 Å². The Kier molecular flexibility index (Phi) is 3.05. The van der Waals surface area contributed by atoms with Crippen LogP contribution in [0.1, 0.15) is 0 Å². The SMILES string of the molecule is Oc1ccc(-c2nc(-c3cccc(Br)c3)n[nH]2)cc1. The van der Waals surface area contributed by atoms with Gasteiger partial charge in [-0.15, -0.1) is 0 Å². The van der Waals surface area contributed by atoms with Gasteiger partial charge in [-0.25, -0.2) is 4.98 Å². The Morgan fingerprint density at radius 3 is 2.53 bits per heavy atom. The fourth-order valence-electron chi connectivity index (χ4n) is 1.77. The van der Waals surface area contributed by atoms with Gasteiger partial charge in [-0.05, 0) is 36.4 Å². The number of aromatic amines is 1. The summed E-state index contributed by atoms with van der Waals surface area (Å²) >= 11 is 3.43. The van der Waals surface area contributed by atoms with Crippen LogP contribution < -0.4 is 0 Å². The summed E-state index contributed by atoms with van der Waals surface area (Å²) in [7, 11) is 0. The van der Waals surface area contributed by atoms with Crippen LogP contribution in [0.15, 0.2) is 53.0 Å². The lowest BCUT2D eigenvalue weighted by molar-refractivity contribution is 0.475. The van der Waals surface area contributed by atoms with Crippen LogP contribution in [0.3, 0.4) is 0 Å². The van der Waals surface area contributed by atoms with Crippen molar-refractivity contribution in [3.05, 3.63) is 53.0 Å². The van der Waals surface area contributed by atoms with Gasteiger partial charge >= 0.3 is 0 Å². The number of phenols is 1. The molecule has 0 atom stereocenters. The van der Waals surface area contributed by atoms with Crippen molar-refractivity contribution < 1.29 is 5.11 Å². The first-order chi connectivity index (χ1) is 9.22. The Labute approximate surface area is 118 Å². The summed E-state index contributed by atoms with van der Waals surface area (Å²) in [6, 6.07) is 14.6. The Morgan fingerprint density at radius 1 is 1.00 bits per heavy atom. The smallest absolute Gasteiger partial charge is 0.181 e. The predicted octanol–water partition coefficient (Wildman–Crippen LogP) is 3.61. The molecule has 5 heteroatoms. The molecular weight excluding hydrogens is 306 g/mol. The molecule has 94 valence electrons. The molecule has 0 saturated heterocycles. The minimum Gasteiger partial charge on any atom is -0.508 e. The van der Waals surface area contributed by atoms with E-state index in [-0.39, 0.29) is 5.75 Å². The van der Waals surface area contributed by atoms with E-state index in [1.54, 1.807) is 24.3 Å². The number of hydrogen-bond donors (Lipinski definition) is 2. The van der Waals surface area contributed by atoms with Crippen LogP contribution in [0.5, 0.6) is 5.75 Å². The number of nitrogens with one attached hydrogen (secondary N) is 1. The summed E-state index contributed by atoms with van der Waals surface area (Å²) in [5, 5.41) is 16.4. The van der Waals surface area contributed by atoms with Gasteiger partial charge in [0.15, 0.2) is 11.6 Å². The number of hydrogen-bond acceptors (Lipinski definition) is 3. The molecule has 0 unspecified atom stereocenters. The van der Waals surface area contributed by atoms with Crippen molar-refractivity contribution in [1.29, 1.82) is 0 Å². The third kappa shape index (κ3) is 2.51. The van der Waals surface area contributed by atoms with Crippen LogP contribution >= 0.6 is 15.9 Å². The third-order valence-corrected chi connectivity index (χ3v) is 3.20. The largest absolute Gasteiger partial charge is 0.508 e. The quantitative estimate of drug-likeness (QED) is 0.759. The number of halogens is 1. The summed E-state index contributed by atoms with van der Waals surface area (Å²) in [6.07, 6.45) is 0. The molecule has 0 aliphatic rings. The Morgan fingerprint density at radius 2 is 1.79 bits per heavy atom. The second kappa shape index (κ2) is 4.85. The molecular formula is C14H10BrN3O. The molecule has 0 radical (unpaired) electrons. The molecule has 0 fully saturated rings. The molecule has 0 amide bonds. The zero-order valence-electron chi connectivity index (χ0n) is 9.84. The normalized spacial score (nSPS) is 10.6. The standard InChI is InChI=1S/C14H10BrN3O/c15-11-3-1-2-10(8-11)14-16-13(17-18-14)9-4-6-12(19)7-5-9/h1-8,19H,(H,16,17,18). The Balaban J connectivity index is 1.97. The van der Waals surface area contributed by atoms with E-state index in [1.807, 2.05) is 24.3 Å². The van der Waals surface area contributed by atoms with Crippen molar-refractivity contribution in [2.75, 3.05) is 0 Å². The van der Waals surface area contributed by atoms with Gasteiger partial charge in [0.25, 0.3) is 0 Å². The molecule has 4 nitrogen and oxygen atoms in total. The van der Waals surface area contributed by atoms with E-state index < -0.39 is 0 Å². The molecule has 3 rings (SSSR count). The van der Waals surface area contributed by atoms with Crippen molar-refractivity contribution >= 4 is 15.9 Å². The summed E-state index contributed by atoms with van der Waals surface area (Å²) in [6.45, 7) is 0. The first-order valence-corrected chi connectivity index (χ1v) is 6.49. The maximum absolute atomic E-state index is 9.27. The highest BCUT2D eigenvalue weighted by atomic mass is 79.9. The van der Waals surface area contributed by atoms with Crippen LogP contribution in [-0.4, -0.2) is 20.3 Å².